The smallest absolute Gasteiger partial charge is 0.225 e. The third-order valence-electron chi connectivity index (χ3n) is 3.53. The van der Waals surface area contributed by atoms with Crippen LogP contribution in [0.25, 0.3) is 10.8 Å². The van der Waals surface area contributed by atoms with E-state index in [1.54, 1.807) is 13.0 Å². The van der Waals surface area contributed by atoms with Crippen molar-refractivity contribution in [2.75, 3.05) is 0 Å². The van der Waals surface area contributed by atoms with Crippen LogP contribution in [0.2, 0.25) is 0 Å². The van der Waals surface area contributed by atoms with Gasteiger partial charge in [-0.05, 0) is 59.7 Å². The predicted octanol–water partition coefficient (Wildman–Crippen LogP) is 2.67. The van der Waals surface area contributed by atoms with Gasteiger partial charge in [0.1, 0.15) is 0 Å². The Hall–Kier alpha value is -1.39. The molecule has 4 heteroatoms. The summed E-state index contributed by atoms with van der Waals surface area (Å²) in [6.07, 6.45) is 2.46. The quantitative estimate of drug-likeness (QED) is 0.903. The number of aryl methyl sites for hydroxylation is 1. The number of nitrogens with two attached hydrogens (primary N) is 1. The Bertz CT molecular complexity index is 731. The minimum absolute atomic E-state index is 0.225. The van der Waals surface area contributed by atoms with Crippen LogP contribution in [0.15, 0.2) is 35.2 Å². The molecule has 1 fully saturated rings. The molecule has 3 rings (SSSR count). The molecule has 0 aliphatic heterocycles. The molecule has 2 N–H and O–H groups in total. The second-order valence-electron chi connectivity index (χ2n) is 5.01. The molecule has 1 saturated carbocycles. The summed E-state index contributed by atoms with van der Waals surface area (Å²) in [4.78, 5) is 0.225. The molecule has 0 saturated heterocycles. The molecule has 0 radical (unpaired) electrons. The van der Waals surface area contributed by atoms with Crippen molar-refractivity contribution in [3.05, 3.63) is 41.5 Å². The number of primary sulfonamides is 1. The first-order chi connectivity index (χ1) is 8.47. The summed E-state index contributed by atoms with van der Waals surface area (Å²) in [6.45, 7) is 1.79. The number of fused-ring (bicyclic) bond motifs is 1. The fourth-order valence-corrected chi connectivity index (χ4v) is 3.29. The lowest BCUT2D eigenvalue weighted by Crippen LogP contribution is -2.13. The van der Waals surface area contributed by atoms with Gasteiger partial charge in [0.05, 0.1) is 4.90 Å². The number of hydrogen-bond donors (Lipinski definition) is 1. The van der Waals surface area contributed by atoms with Gasteiger partial charge < -0.3 is 0 Å². The van der Waals surface area contributed by atoms with Crippen molar-refractivity contribution in [3.8, 4) is 0 Å². The zero-order valence-electron chi connectivity index (χ0n) is 10.2. The van der Waals surface area contributed by atoms with Gasteiger partial charge in [-0.2, -0.15) is 0 Å². The van der Waals surface area contributed by atoms with Gasteiger partial charge in [0.15, 0.2) is 0 Å². The lowest BCUT2D eigenvalue weighted by molar-refractivity contribution is 0.597. The fraction of sp³-hybridized carbons (Fsp3) is 0.286. The van der Waals surface area contributed by atoms with Gasteiger partial charge in [-0.1, -0.05) is 18.2 Å². The van der Waals surface area contributed by atoms with Gasteiger partial charge in [-0.3, -0.25) is 0 Å². The van der Waals surface area contributed by atoms with Gasteiger partial charge in [0.25, 0.3) is 0 Å². The summed E-state index contributed by atoms with van der Waals surface area (Å²) in [7, 11) is -3.64. The summed E-state index contributed by atoms with van der Waals surface area (Å²) < 4.78 is 23.0. The Morgan fingerprint density at radius 3 is 2.56 bits per heavy atom. The highest BCUT2D eigenvalue weighted by Gasteiger charge is 2.25. The lowest BCUT2D eigenvalue weighted by Gasteiger charge is -2.09. The molecule has 1 aliphatic carbocycles. The van der Waals surface area contributed by atoms with Gasteiger partial charge in [-0.15, -0.1) is 0 Å². The molecule has 3 nitrogen and oxygen atoms in total. The third kappa shape index (κ3) is 1.91. The standard InChI is InChI=1S/C14H15NO2S/c1-9-7-13-11(8-14(9)18(15,16)17)3-2-4-12(13)10-5-6-10/h2-4,7-8,10H,5-6H2,1H3,(H2,15,16,17). The molecule has 0 heterocycles. The normalized spacial score (nSPS) is 16.1. The van der Waals surface area contributed by atoms with E-state index >= 15 is 0 Å². The number of benzene rings is 2. The van der Waals surface area contributed by atoms with E-state index in [0.29, 0.717) is 5.92 Å². The third-order valence-corrected chi connectivity index (χ3v) is 4.59. The zero-order valence-corrected chi connectivity index (χ0v) is 11.0. The fourth-order valence-electron chi connectivity index (χ4n) is 2.49. The lowest BCUT2D eigenvalue weighted by atomic mass is 9.99. The summed E-state index contributed by atoms with van der Waals surface area (Å²) in [5.41, 5.74) is 2.05. The van der Waals surface area contributed by atoms with Crippen molar-refractivity contribution in [2.24, 2.45) is 5.14 Å². The van der Waals surface area contributed by atoms with Gasteiger partial charge >= 0.3 is 0 Å². The van der Waals surface area contributed by atoms with Crippen LogP contribution in [-0.4, -0.2) is 8.42 Å². The Balaban J connectivity index is 2.32. The number of sulfonamides is 1. The van der Waals surface area contributed by atoms with Crippen LogP contribution < -0.4 is 5.14 Å². The van der Waals surface area contributed by atoms with Crippen LogP contribution in [0.4, 0.5) is 0 Å². The Kier molecular flexibility index (Phi) is 2.47. The molecule has 94 valence electrons. The van der Waals surface area contributed by atoms with Crippen molar-refractivity contribution in [3.63, 3.8) is 0 Å². The molecule has 1 aliphatic rings. The van der Waals surface area contributed by atoms with Gasteiger partial charge in [0, 0.05) is 0 Å². The molecule has 18 heavy (non-hydrogen) atoms. The van der Waals surface area contributed by atoms with Crippen LogP contribution in [0.3, 0.4) is 0 Å². The van der Waals surface area contributed by atoms with Crippen LogP contribution in [-0.2, 0) is 10.0 Å². The van der Waals surface area contributed by atoms with E-state index in [9.17, 15) is 8.42 Å². The van der Waals surface area contributed by atoms with Crippen molar-refractivity contribution < 1.29 is 8.42 Å². The van der Waals surface area contributed by atoms with Crippen LogP contribution in [0.5, 0.6) is 0 Å². The van der Waals surface area contributed by atoms with E-state index in [-0.39, 0.29) is 4.90 Å². The van der Waals surface area contributed by atoms with E-state index in [2.05, 4.69) is 6.07 Å². The molecule has 0 spiro atoms. The molecule has 0 amide bonds. The minimum atomic E-state index is -3.64. The maximum Gasteiger partial charge on any atom is 0.238 e. The molecule has 0 bridgehead atoms. The first-order valence-corrected chi connectivity index (χ1v) is 7.57. The summed E-state index contributed by atoms with van der Waals surface area (Å²) in [6, 6.07) is 9.69. The van der Waals surface area contributed by atoms with Crippen LogP contribution in [0.1, 0.15) is 29.9 Å². The molecular weight excluding hydrogens is 246 g/mol. The zero-order chi connectivity index (χ0) is 12.9. The van der Waals surface area contributed by atoms with Crippen LogP contribution >= 0.6 is 0 Å². The highest BCUT2D eigenvalue weighted by Crippen LogP contribution is 2.43. The second kappa shape index (κ2) is 3.80. The Morgan fingerprint density at radius 2 is 1.94 bits per heavy atom. The predicted molar refractivity (Wildman–Crippen MR) is 72.0 cm³/mol. The minimum Gasteiger partial charge on any atom is -0.225 e. The van der Waals surface area contributed by atoms with E-state index in [0.717, 1.165) is 16.3 Å². The number of hydrogen-bond acceptors (Lipinski definition) is 2. The highest BCUT2D eigenvalue weighted by molar-refractivity contribution is 7.89. The first kappa shape index (κ1) is 11.7. The molecule has 2 aromatic rings. The summed E-state index contributed by atoms with van der Waals surface area (Å²) in [5, 5.41) is 7.34. The maximum atomic E-state index is 11.5. The molecule has 0 unspecified atom stereocenters. The largest absolute Gasteiger partial charge is 0.238 e. The SMILES string of the molecule is Cc1cc2c(C3CC3)cccc2cc1S(N)(=O)=O. The van der Waals surface area contributed by atoms with Crippen molar-refractivity contribution in [1.29, 1.82) is 0 Å². The highest BCUT2D eigenvalue weighted by atomic mass is 32.2. The molecule has 0 aromatic heterocycles. The van der Waals surface area contributed by atoms with Gasteiger partial charge in [-0.25, -0.2) is 13.6 Å². The van der Waals surface area contributed by atoms with Gasteiger partial charge in [0.2, 0.25) is 10.0 Å². The average Bonchev–Trinajstić information content (AvgIpc) is 3.09. The molecule has 0 atom stereocenters. The van der Waals surface area contributed by atoms with Crippen LogP contribution in [0, 0.1) is 6.92 Å². The van der Waals surface area contributed by atoms with E-state index in [1.165, 1.54) is 18.4 Å². The topological polar surface area (TPSA) is 60.2 Å². The summed E-state index contributed by atoms with van der Waals surface area (Å²) >= 11 is 0. The molecule has 2 aromatic carbocycles. The van der Waals surface area contributed by atoms with Crippen molar-refractivity contribution in [1.82, 2.24) is 0 Å². The van der Waals surface area contributed by atoms with Crippen molar-refractivity contribution in [2.45, 2.75) is 30.6 Å². The maximum absolute atomic E-state index is 11.5. The Morgan fingerprint density at radius 1 is 1.22 bits per heavy atom. The molecular formula is C14H15NO2S. The second-order valence-corrected chi connectivity index (χ2v) is 6.54. The van der Waals surface area contributed by atoms with E-state index < -0.39 is 10.0 Å². The number of rotatable bonds is 2. The van der Waals surface area contributed by atoms with E-state index in [1.807, 2.05) is 18.2 Å². The monoisotopic (exact) mass is 261 g/mol. The van der Waals surface area contributed by atoms with E-state index in [4.69, 9.17) is 5.14 Å². The Labute approximate surface area is 107 Å². The first-order valence-electron chi connectivity index (χ1n) is 6.03. The van der Waals surface area contributed by atoms with Crippen molar-refractivity contribution >= 4 is 20.8 Å². The summed E-state index contributed by atoms with van der Waals surface area (Å²) in [5.74, 6) is 0.647. The average molecular weight is 261 g/mol.